The molecule has 1 N–H and O–H groups in total. The molecule has 0 heterocycles. The van der Waals surface area contributed by atoms with Crippen LogP contribution in [-0.4, -0.2) is 11.7 Å². The van der Waals surface area contributed by atoms with Crippen molar-refractivity contribution in [2.45, 2.75) is 56.8 Å². The van der Waals surface area contributed by atoms with Crippen LogP contribution < -0.4 is 0 Å². The Kier molecular flexibility index (Phi) is 4.77. The van der Waals surface area contributed by atoms with E-state index in [2.05, 4.69) is 42.2 Å². The molecule has 0 saturated heterocycles. The maximum Gasteiger partial charge on any atom is 0.0434 e. The van der Waals surface area contributed by atoms with E-state index >= 15 is 0 Å². The summed E-state index contributed by atoms with van der Waals surface area (Å²) in [6.07, 6.45) is 10.4. The van der Waals surface area contributed by atoms with Crippen molar-refractivity contribution in [3.05, 3.63) is 70.8 Å². The van der Waals surface area contributed by atoms with Crippen LogP contribution in [0.2, 0.25) is 0 Å². The van der Waals surface area contributed by atoms with Gasteiger partial charge in [-0.05, 0) is 110 Å². The van der Waals surface area contributed by atoms with Gasteiger partial charge in [-0.1, -0.05) is 36.1 Å². The Hall–Kier alpha value is -2.04. The summed E-state index contributed by atoms with van der Waals surface area (Å²) in [4.78, 5) is 0. The van der Waals surface area contributed by atoms with Crippen LogP contribution in [0.3, 0.4) is 0 Å². The molecular formula is C27H30O. The lowest BCUT2D eigenvalue weighted by atomic mass is 9.47. The van der Waals surface area contributed by atoms with E-state index in [-0.39, 0.29) is 6.61 Å². The van der Waals surface area contributed by atoms with Gasteiger partial charge in [-0.3, -0.25) is 0 Å². The molecule has 0 spiro atoms. The first kappa shape index (κ1) is 18.0. The maximum absolute atomic E-state index is 9.40. The van der Waals surface area contributed by atoms with E-state index in [1.54, 1.807) is 5.56 Å². The number of aliphatic hydroxyl groups is 1. The molecule has 28 heavy (non-hydrogen) atoms. The van der Waals surface area contributed by atoms with Crippen molar-refractivity contribution in [3.63, 3.8) is 0 Å². The summed E-state index contributed by atoms with van der Waals surface area (Å²) in [5, 5.41) is 9.40. The van der Waals surface area contributed by atoms with Gasteiger partial charge in [0.25, 0.3) is 0 Å². The molecule has 6 rings (SSSR count). The maximum atomic E-state index is 9.40. The Bertz CT molecular complexity index is 864. The van der Waals surface area contributed by atoms with Gasteiger partial charge in [0.05, 0.1) is 0 Å². The summed E-state index contributed by atoms with van der Waals surface area (Å²) in [5.41, 5.74) is 5.62. The number of hydrogen-bond acceptors (Lipinski definition) is 1. The smallest absolute Gasteiger partial charge is 0.0434 e. The normalized spacial score (nSPS) is 30.1. The number of benzene rings is 2. The largest absolute Gasteiger partial charge is 0.396 e. The Morgan fingerprint density at radius 2 is 1.46 bits per heavy atom. The third-order valence-corrected chi connectivity index (χ3v) is 7.45. The van der Waals surface area contributed by atoms with E-state index in [4.69, 9.17) is 0 Å². The molecule has 4 bridgehead atoms. The van der Waals surface area contributed by atoms with Gasteiger partial charge < -0.3 is 5.11 Å². The van der Waals surface area contributed by atoms with Crippen LogP contribution in [0.25, 0.3) is 0 Å². The topological polar surface area (TPSA) is 20.2 Å². The van der Waals surface area contributed by atoms with E-state index < -0.39 is 0 Å². The summed E-state index contributed by atoms with van der Waals surface area (Å²) in [6.45, 7) is 0.274. The Labute approximate surface area is 169 Å². The molecule has 1 heteroatoms. The van der Waals surface area contributed by atoms with Crippen molar-refractivity contribution in [2.75, 3.05) is 6.61 Å². The Morgan fingerprint density at radius 1 is 0.821 bits per heavy atom. The molecule has 4 fully saturated rings. The average Bonchev–Trinajstić information content (AvgIpc) is 2.71. The van der Waals surface area contributed by atoms with Gasteiger partial charge in [0, 0.05) is 17.7 Å². The number of rotatable bonds is 4. The van der Waals surface area contributed by atoms with Crippen LogP contribution in [0.1, 0.15) is 67.2 Å². The van der Waals surface area contributed by atoms with Crippen molar-refractivity contribution < 1.29 is 5.11 Å². The predicted octanol–water partition coefficient (Wildman–Crippen LogP) is 5.48. The molecule has 144 valence electrons. The Morgan fingerprint density at radius 3 is 2.11 bits per heavy atom. The van der Waals surface area contributed by atoms with Gasteiger partial charge in [-0.15, -0.1) is 0 Å². The summed E-state index contributed by atoms with van der Waals surface area (Å²) in [6, 6.07) is 17.2. The predicted molar refractivity (Wildman–Crippen MR) is 114 cm³/mol. The van der Waals surface area contributed by atoms with Crippen molar-refractivity contribution in [2.24, 2.45) is 17.8 Å². The first-order valence-electron chi connectivity index (χ1n) is 11.1. The van der Waals surface area contributed by atoms with Crippen LogP contribution in [-0.2, 0) is 11.8 Å². The SMILES string of the molecule is OCCCc1ccc(C#Cc2ccccc2)cc1C12CC3CC(CC(C3)C1)C2. The molecule has 4 aliphatic carbocycles. The fraction of sp³-hybridized carbons (Fsp3) is 0.481. The van der Waals surface area contributed by atoms with Crippen LogP contribution in [0, 0.1) is 29.6 Å². The Balaban J connectivity index is 1.52. The third kappa shape index (κ3) is 3.40. The highest BCUT2D eigenvalue weighted by molar-refractivity contribution is 5.48. The minimum Gasteiger partial charge on any atom is -0.396 e. The first-order chi connectivity index (χ1) is 13.7. The van der Waals surface area contributed by atoms with Gasteiger partial charge in [-0.25, -0.2) is 0 Å². The summed E-state index contributed by atoms with van der Waals surface area (Å²) < 4.78 is 0. The molecule has 4 aliphatic rings. The summed E-state index contributed by atoms with van der Waals surface area (Å²) in [5.74, 6) is 9.57. The standard InChI is InChI=1S/C27H30O/c28-12-4-7-25-11-10-21(9-8-20-5-2-1-3-6-20)16-26(25)27-17-22-13-23(18-27)15-24(14-22)19-27/h1-3,5-6,10-11,16,22-24,28H,4,7,12-15,17-19H2. The zero-order valence-corrected chi connectivity index (χ0v) is 16.7. The lowest BCUT2D eigenvalue weighted by Crippen LogP contribution is -2.49. The lowest BCUT2D eigenvalue weighted by molar-refractivity contribution is -0.00561. The van der Waals surface area contributed by atoms with Crippen LogP contribution in [0.4, 0.5) is 0 Å². The van der Waals surface area contributed by atoms with E-state index in [1.165, 1.54) is 44.1 Å². The molecule has 0 aliphatic heterocycles. The second kappa shape index (κ2) is 7.41. The molecule has 0 amide bonds. The third-order valence-electron chi connectivity index (χ3n) is 7.45. The van der Waals surface area contributed by atoms with Gasteiger partial charge in [0.15, 0.2) is 0 Å². The second-order valence-electron chi connectivity index (χ2n) is 9.51. The van der Waals surface area contributed by atoms with Gasteiger partial charge >= 0.3 is 0 Å². The highest BCUT2D eigenvalue weighted by Gasteiger charge is 2.52. The summed E-state index contributed by atoms with van der Waals surface area (Å²) >= 11 is 0. The van der Waals surface area contributed by atoms with Gasteiger partial charge in [0.2, 0.25) is 0 Å². The van der Waals surface area contributed by atoms with Crippen LogP contribution >= 0.6 is 0 Å². The summed E-state index contributed by atoms with van der Waals surface area (Å²) in [7, 11) is 0. The first-order valence-corrected chi connectivity index (χ1v) is 11.1. The molecule has 0 atom stereocenters. The molecule has 0 unspecified atom stereocenters. The van der Waals surface area contributed by atoms with Gasteiger partial charge in [0.1, 0.15) is 0 Å². The van der Waals surface area contributed by atoms with Gasteiger partial charge in [-0.2, -0.15) is 0 Å². The monoisotopic (exact) mass is 370 g/mol. The van der Waals surface area contributed by atoms with E-state index in [0.717, 1.165) is 41.7 Å². The molecule has 4 saturated carbocycles. The van der Waals surface area contributed by atoms with E-state index in [1.807, 2.05) is 18.2 Å². The van der Waals surface area contributed by atoms with E-state index in [0.29, 0.717) is 5.41 Å². The molecule has 1 nitrogen and oxygen atoms in total. The van der Waals surface area contributed by atoms with Crippen LogP contribution in [0.15, 0.2) is 48.5 Å². The van der Waals surface area contributed by atoms with Crippen molar-refractivity contribution in [3.8, 4) is 11.8 Å². The van der Waals surface area contributed by atoms with Crippen LogP contribution in [0.5, 0.6) is 0 Å². The van der Waals surface area contributed by atoms with Crippen molar-refractivity contribution >= 4 is 0 Å². The molecule has 2 aromatic rings. The zero-order valence-electron chi connectivity index (χ0n) is 16.7. The molecule has 2 aromatic carbocycles. The van der Waals surface area contributed by atoms with Crippen molar-refractivity contribution in [1.29, 1.82) is 0 Å². The minimum atomic E-state index is 0.274. The average molecular weight is 371 g/mol. The zero-order chi connectivity index (χ0) is 19.0. The molecule has 0 aromatic heterocycles. The fourth-order valence-electron chi connectivity index (χ4n) is 6.74. The number of aryl methyl sites for hydroxylation is 1. The highest BCUT2D eigenvalue weighted by Crippen LogP contribution is 2.61. The quantitative estimate of drug-likeness (QED) is 0.707. The minimum absolute atomic E-state index is 0.274. The van der Waals surface area contributed by atoms with Crippen molar-refractivity contribution in [1.82, 2.24) is 0 Å². The lowest BCUT2D eigenvalue weighted by Gasteiger charge is -2.57. The number of aliphatic hydroxyl groups excluding tert-OH is 1. The molecular weight excluding hydrogens is 340 g/mol. The van der Waals surface area contributed by atoms with E-state index in [9.17, 15) is 5.11 Å². The number of hydrogen-bond donors (Lipinski definition) is 1. The highest BCUT2D eigenvalue weighted by atomic mass is 16.2. The fourth-order valence-corrected chi connectivity index (χ4v) is 6.74. The second-order valence-corrected chi connectivity index (χ2v) is 9.51. The molecule has 0 radical (unpaired) electrons.